The van der Waals surface area contributed by atoms with Crippen LogP contribution in [0.4, 0.5) is 0 Å². The molecule has 1 aromatic heterocycles. The zero-order valence-corrected chi connectivity index (χ0v) is 10.6. The number of aryl methyl sites for hydroxylation is 1. The smallest absolute Gasteiger partial charge is 0.335 e. The highest BCUT2D eigenvalue weighted by Crippen LogP contribution is 2.05. The van der Waals surface area contributed by atoms with Gasteiger partial charge in [0.15, 0.2) is 0 Å². The van der Waals surface area contributed by atoms with Crippen molar-refractivity contribution >= 4 is 5.97 Å². The lowest BCUT2D eigenvalue weighted by Crippen LogP contribution is -2.17. The van der Waals surface area contributed by atoms with Crippen LogP contribution in [-0.4, -0.2) is 27.4 Å². The van der Waals surface area contributed by atoms with Crippen molar-refractivity contribution in [2.75, 3.05) is 6.54 Å². The van der Waals surface area contributed by atoms with E-state index in [0.29, 0.717) is 12.1 Å². The first-order valence-electron chi connectivity index (χ1n) is 6.26. The molecule has 1 heterocycles. The first kappa shape index (κ1) is 13.3. The van der Waals surface area contributed by atoms with Crippen molar-refractivity contribution in [2.45, 2.75) is 19.5 Å². The van der Waals surface area contributed by atoms with Gasteiger partial charge in [-0.15, -0.1) is 0 Å². The van der Waals surface area contributed by atoms with Gasteiger partial charge in [0.2, 0.25) is 0 Å². The third-order valence-electron chi connectivity index (χ3n) is 2.80. The largest absolute Gasteiger partial charge is 0.478 e. The molecule has 0 bridgehead atoms. The predicted molar refractivity (Wildman–Crippen MR) is 72.0 cm³/mol. The molecule has 0 saturated heterocycles. The number of benzene rings is 1. The molecule has 0 amide bonds. The van der Waals surface area contributed by atoms with Crippen LogP contribution in [0.1, 0.15) is 22.3 Å². The Morgan fingerprint density at radius 1 is 1.37 bits per heavy atom. The molecule has 0 aliphatic heterocycles. The minimum atomic E-state index is -0.888. The van der Waals surface area contributed by atoms with E-state index in [1.165, 1.54) is 0 Å². The summed E-state index contributed by atoms with van der Waals surface area (Å²) < 4.78 is 1.90. The topological polar surface area (TPSA) is 67.2 Å². The van der Waals surface area contributed by atoms with Crippen LogP contribution in [0.3, 0.4) is 0 Å². The first-order chi connectivity index (χ1) is 9.25. The highest BCUT2D eigenvalue weighted by molar-refractivity contribution is 5.87. The number of nitrogens with zero attached hydrogens (tertiary/aromatic N) is 2. The van der Waals surface area contributed by atoms with E-state index in [-0.39, 0.29) is 0 Å². The highest BCUT2D eigenvalue weighted by Gasteiger charge is 2.02. The summed E-state index contributed by atoms with van der Waals surface area (Å²) in [4.78, 5) is 10.8. The van der Waals surface area contributed by atoms with E-state index >= 15 is 0 Å². The maximum Gasteiger partial charge on any atom is 0.335 e. The lowest BCUT2D eigenvalue weighted by molar-refractivity contribution is 0.0696. The van der Waals surface area contributed by atoms with Gasteiger partial charge in [-0.25, -0.2) is 4.79 Å². The summed E-state index contributed by atoms with van der Waals surface area (Å²) in [5.74, 6) is -0.888. The van der Waals surface area contributed by atoms with E-state index in [9.17, 15) is 4.79 Å². The van der Waals surface area contributed by atoms with E-state index in [1.54, 1.807) is 24.4 Å². The molecule has 2 rings (SSSR count). The van der Waals surface area contributed by atoms with Crippen LogP contribution < -0.4 is 5.32 Å². The van der Waals surface area contributed by atoms with Gasteiger partial charge in [0.25, 0.3) is 0 Å². The van der Waals surface area contributed by atoms with Gasteiger partial charge in [-0.2, -0.15) is 5.10 Å². The summed E-state index contributed by atoms with van der Waals surface area (Å²) in [6.45, 7) is 2.44. The van der Waals surface area contributed by atoms with Gasteiger partial charge in [-0.3, -0.25) is 4.68 Å². The Labute approximate surface area is 111 Å². The zero-order valence-electron chi connectivity index (χ0n) is 10.6. The SMILES string of the molecule is O=C(O)c1cccc(CNCCCn2cccn2)c1. The summed E-state index contributed by atoms with van der Waals surface area (Å²) in [6.07, 6.45) is 4.70. The standard InChI is InChI=1S/C14H17N3O2/c18-14(19)13-5-1-4-12(10-13)11-15-6-2-8-17-9-3-7-16-17/h1,3-5,7,9-10,15H,2,6,8,11H2,(H,18,19). The molecular formula is C14H17N3O2. The predicted octanol–water partition coefficient (Wildman–Crippen LogP) is 1.76. The molecule has 5 nitrogen and oxygen atoms in total. The van der Waals surface area contributed by atoms with Crippen molar-refractivity contribution in [2.24, 2.45) is 0 Å². The molecule has 0 radical (unpaired) electrons. The molecule has 2 N–H and O–H groups in total. The number of carboxylic acid groups (broad SMARTS) is 1. The van der Waals surface area contributed by atoms with Crippen LogP contribution in [0.2, 0.25) is 0 Å². The molecule has 0 atom stereocenters. The Hall–Kier alpha value is -2.14. The van der Waals surface area contributed by atoms with Crippen LogP contribution in [0, 0.1) is 0 Å². The maximum atomic E-state index is 10.8. The molecule has 0 spiro atoms. The lowest BCUT2D eigenvalue weighted by Gasteiger charge is -2.06. The summed E-state index contributed by atoms with van der Waals surface area (Å²) >= 11 is 0. The van der Waals surface area contributed by atoms with Crippen LogP contribution in [0.5, 0.6) is 0 Å². The van der Waals surface area contributed by atoms with Gasteiger partial charge in [0, 0.05) is 25.5 Å². The second kappa shape index (κ2) is 6.70. The number of carbonyl (C=O) groups is 1. The van der Waals surface area contributed by atoms with Crippen molar-refractivity contribution in [1.29, 1.82) is 0 Å². The van der Waals surface area contributed by atoms with Crippen molar-refractivity contribution < 1.29 is 9.90 Å². The monoisotopic (exact) mass is 259 g/mol. The molecule has 1 aromatic carbocycles. The molecule has 5 heteroatoms. The van der Waals surface area contributed by atoms with Gasteiger partial charge in [-0.05, 0) is 36.7 Å². The lowest BCUT2D eigenvalue weighted by atomic mass is 10.1. The number of rotatable bonds is 7. The fourth-order valence-electron chi connectivity index (χ4n) is 1.85. The number of aromatic nitrogens is 2. The molecule has 0 aliphatic carbocycles. The molecule has 0 saturated carbocycles. The Bertz CT molecular complexity index is 523. The second-order valence-corrected chi connectivity index (χ2v) is 4.30. The van der Waals surface area contributed by atoms with Crippen LogP contribution in [-0.2, 0) is 13.1 Å². The fourth-order valence-corrected chi connectivity index (χ4v) is 1.85. The number of hydrogen-bond donors (Lipinski definition) is 2. The van der Waals surface area contributed by atoms with E-state index < -0.39 is 5.97 Å². The minimum Gasteiger partial charge on any atom is -0.478 e. The quantitative estimate of drug-likeness (QED) is 0.743. The molecule has 0 fully saturated rings. The Balaban J connectivity index is 1.70. The number of carboxylic acids is 1. The highest BCUT2D eigenvalue weighted by atomic mass is 16.4. The van der Waals surface area contributed by atoms with Crippen LogP contribution in [0.15, 0.2) is 42.7 Å². The molecule has 100 valence electrons. The van der Waals surface area contributed by atoms with E-state index in [2.05, 4.69) is 10.4 Å². The van der Waals surface area contributed by atoms with Crippen molar-refractivity contribution in [3.05, 3.63) is 53.9 Å². The van der Waals surface area contributed by atoms with Crippen LogP contribution >= 0.6 is 0 Å². The molecular weight excluding hydrogens is 242 g/mol. The molecule has 0 unspecified atom stereocenters. The van der Waals surface area contributed by atoms with Gasteiger partial charge in [0.1, 0.15) is 0 Å². The van der Waals surface area contributed by atoms with Gasteiger partial charge >= 0.3 is 5.97 Å². The summed E-state index contributed by atoms with van der Waals surface area (Å²) in [7, 11) is 0. The zero-order chi connectivity index (χ0) is 13.5. The Morgan fingerprint density at radius 2 is 2.26 bits per heavy atom. The third-order valence-corrected chi connectivity index (χ3v) is 2.80. The third kappa shape index (κ3) is 4.22. The normalized spacial score (nSPS) is 10.5. The van der Waals surface area contributed by atoms with Crippen LogP contribution in [0.25, 0.3) is 0 Å². The van der Waals surface area contributed by atoms with Crippen molar-refractivity contribution in [1.82, 2.24) is 15.1 Å². The summed E-state index contributed by atoms with van der Waals surface area (Å²) in [6, 6.07) is 8.90. The first-order valence-corrected chi connectivity index (χ1v) is 6.26. The van der Waals surface area contributed by atoms with E-state index in [0.717, 1.165) is 25.1 Å². The fraction of sp³-hybridized carbons (Fsp3) is 0.286. The number of aromatic carboxylic acids is 1. The van der Waals surface area contributed by atoms with Gasteiger partial charge < -0.3 is 10.4 Å². The average Bonchev–Trinajstić information content (AvgIpc) is 2.92. The summed E-state index contributed by atoms with van der Waals surface area (Å²) in [5, 5.41) is 16.3. The van der Waals surface area contributed by atoms with Gasteiger partial charge in [-0.1, -0.05) is 12.1 Å². The average molecular weight is 259 g/mol. The minimum absolute atomic E-state index is 0.329. The molecule has 2 aromatic rings. The van der Waals surface area contributed by atoms with E-state index in [4.69, 9.17) is 5.11 Å². The van der Waals surface area contributed by atoms with Gasteiger partial charge in [0.05, 0.1) is 5.56 Å². The van der Waals surface area contributed by atoms with Crippen molar-refractivity contribution in [3.63, 3.8) is 0 Å². The second-order valence-electron chi connectivity index (χ2n) is 4.30. The maximum absolute atomic E-state index is 10.8. The number of hydrogen-bond acceptors (Lipinski definition) is 3. The molecule has 19 heavy (non-hydrogen) atoms. The summed E-state index contributed by atoms with van der Waals surface area (Å²) in [5.41, 5.74) is 1.31. The van der Waals surface area contributed by atoms with Crippen molar-refractivity contribution in [3.8, 4) is 0 Å². The van der Waals surface area contributed by atoms with E-state index in [1.807, 2.05) is 23.0 Å². The Morgan fingerprint density at radius 3 is 3.00 bits per heavy atom. The Kier molecular flexibility index (Phi) is 4.69. The molecule has 0 aliphatic rings. The number of nitrogens with one attached hydrogen (secondary N) is 1.